The van der Waals surface area contributed by atoms with Crippen LogP contribution in [0.4, 0.5) is 11.5 Å². The normalized spacial score (nSPS) is 16.5. The molecule has 130 valence electrons. The Balaban J connectivity index is 1.62. The van der Waals surface area contributed by atoms with Crippen LogP contribution in [0, 0.1) is 0 Å². The molecule has 0 radical (unpaired) electrons. The van der Waals surface area contributed by atoms with Crippen molar-refractivity contribution in [2.45, 2.75) is 17.7 Å². The van der Waals surface area contributed by atoms with Crippen molar-refractivity contribution in [3.63, 3.8) is 0 Å². The second kappa shape index (κ2) is 6.96. The Kier molecular flexibility index (Phi) is 4.53. The Morgan fingerprint density at radius 1 is 1.16 bits per heavy atom. The third kappa shape index (κ3) is 3.18. The summed E-state index contributed by atoms with van der Waals surface area (Å²) in [5.74, 6) is 1.52. The zero-order valence-corrected chi connectivity index (χ0v) is 15.1. The minimum atomic E-state index is 0.0536. The molecule has 1 amide bonds. The first-order chi connectivity index (χ1) is 12.3. The summed E-state index contributed by atoms with van der Waals surface area (Å²) in [6, 6.07) is 10.3. The van der Waals surface area contributed by atoms with Crippen molar-refractivity contribution in [1.82, 2.24) is 9.88 Å². The summed E-state index contributed by atoms with van der Waals surface area (Å²) in [6.45, 7) is 3.01. The summed E-state index contributed by atoms with van der Waals surface area (Å²) in [5.41, 5.74) is 1.70. The molecule has 0 bridgehead atoms. The zero-order valence-electron chi connectivity index (χ0n) is 14.3. The van der Waals surface area contributed by atoms with Gasteiger partial charge in [-0.15, -0.1) is 11.8 Å². The number of aromatic nitrogens is 1. The molecular weight excluding hydrogens is 334 g/mol. The van der Waals surface area contributed by atoms with Crippen LogP contribution < -0.4 is 9.64 Å². The molecule has 4 rings (SSSR count). The third-order valence-corrected chi connectivity index (χ3v) is 5.43. The van der Waals surface area contributed by atoms with Crippen molar-refractivity contribution in [3.05, 3.63) is 42.1 Å². The maximum absolute atomic E-state index is 12.6. The summed E-state index contributed by atoms with van der Waals surface area (Å²) in [7, 11) is 0. The number of hydrogen-bond donors (Lipinski definition) is 0. The lowest BCUT2D eigenvalue weighted by atomic mass is 10.2. The quantitative estimate of drug-likeness (QED) is 0.788. The summed E-state index contributed by atoms with van der Waals surface area (Å²) in [6.07, 6.45) is 5.91. The van der Waals surface area contributed by atoms with E-state index in [0.717, 1.165) is 44.0 Å². The topological polar surface area (TPSA) is 45.7 Å². The van der Waals surface area contributed by atoms with Crippen LogP contribution in [0.5, 0.6) is 5.75 Å². The number of likely N-dealkylation sites (tertiary alicyclic amines) is 1. The Labute approximate surface area is 152 Å². The Hall–Kier alpha value is -2.21. The minimum Gasteiger partial charge on any atom is -0.488 e. The molecule has 1 aromatic heterocycles. The number of carbonyl (C=O) groups excluding carboxylic acids is 1. The van der Waals surface area contributed by atoms with Crippen molar-refractivity contribution < 1.29 is 9.53 Å². The van der Waals surface area contributed by atoms with Crippen LogP contribution in [-0.4, -0.2) is 48.3 Å². The molecule has 0 atom stereocenters. The van der Waals surface area contributed by atoms with Gasteiger partial charge in [0.1, 0.15) is 6.61 Å². The Bertz CT molecular complexity index is 773. The third-order valence-electron chi connectivity index (χ3n) is 4.69. The molecule has 2 aliphatic heterocycles. The molecule has 0 spiro atoms. The van der Waals surface area contributed by atoms with Gasteiger partial charge in [0, 0.05) is 29.9 Å². The predicted octanol–water partition coefficient (Wildman–Crippen LogP) is 3.57. The number of fused-ring (bicyclic) bond motifs is 1. The van der Waals surface area contributed by atoms with Crippen LogP contribution in [0.1, 0.15) is 23.2 Å². The van der Waals surface area contributed by atoms with Gasteiger partial charge in [0.25, 0.3) is 5.91 Å². The summed E-state index contributed by atoms with van der Waals surface area (Å²) >= 11 is 1.73. The lowest BCUT2D eigenvalue weighted by molar-refractivity contribution is 0.0792. The second-order valence-corrected chi connectivity index (χ2v) is 7.12. The predicted molar refractivity (Wildman–Crippen MR) is 100 cm³/mol. The van der Waals surface area contributed by atoms with Crippen LogP contribution in [0.2, 0.25) is 0 Å². The number of ether oxygens (including phenoxy) is 1. The largest absolute Gasteiger partial charge is 0.488 e. The van der Waals surface area contributed by atoms with E-state index in [0.29, 0.717) is 17.9 Å². The zero-order chi connectivity index (χ0) is 17.2. The molecule has 0 aliphatic carbocycles. The summed E-state index contributed by atoms with van der Waals surface area (Å²) in [5, 5.41) is 0. The number of thioether (sulfide) groups is 1. The summed E-state index contributed by atoms with van der Waals surface area (Å²) in [4.78, 5) is 22.4. The first-order valence-corrected chi connectivity index (χ1v) is 9.82. The monoisotopic (exact) mass is 355 g/mol. The van der Waals surface area contributed by atoms with Gasteiger partial charge in [-0.1, -0.05) is 0 Å². The number of nitrogens with zero attached hydrogens (tertiary/aromatic N) is 3. The number of carbonyl (C=O) groups is 1. The van der Waals surface area contributed by atoms with E-state index >= 15 is 0 Å². The van der Waals surface area contributed by atoms with Crippen molar-refractivity contribution >= 4 is 29.2 Å². The van der Waals surface area contributed by atoms with Crippen LogP contribution in [0.25, 0.3) is 0 Å². The van der Waals surface area contributed by atoms with Gasteiger partial charge in [0.15, 0.2) is 11.6 Å². The Morgan fingerprint density at radius 3 is 2.64 bits per heavy atom. The highest BCUT2D eigenvalue weighted by Gasteiger charge is 2.25. The molecule has 0 saturated carbocycles. The van der Waals surface area contributed by atoms with E-state index in [9.17, 15) is 4.79 Å². The highest BCUT2D eigenvalue weighted by Crippen LogP contribution is 2.36. The fraction of sp³-hybridized carbons (Fsp3) is 0.368. The molecule has 5 nitrogen and oxygen atoms in total. The molecule has 2 aliphatic rings. The van der Waals surface area contributed by atoms with Crippen molar-refractivity contribution in [2.24, 2.45) is 0 Å². The van der Waals surface area contributed by atoms with E-state index in [1.165, 1.54) is 4.90 Å². The number of anilines is 2. The van der Waals surface area contributed by atoms with Gasteiger partial charge in [0.2, 0.25) is 0 Å². The highest BCUT2D eigenvalue weighted by molar-refractivity contribution is 7.98. The SMILES string of the molecule is CSc1ccc(N2CCOc3cc(C(=O)N4CCCC4)cnc32)cc1. The molecular formula is C19H21N3O2S. The van der Waals surface area contributed by atoms with E-state index < -0.39 is 0 Å². The van der Waals surface area contributed by atoms with E-state index in [-0.39, 0.29) is 5.91 Å². The van der Waals surface area contributed by atoms with Crippen LogP contribution >= 0.6 is 11.8 Å². The fourth-order valence-electron chi connectivity index (χ4n) is 3.33. The minimum absolute atomic E-state index is 0.0536. The molecule has 1 fully saturated rings. The smallest absolute Gasteiger partial charge is 0.255 e. The number of benzene rings is 1. The lowest BCUT2D eigenvalue weighted by Gasteiger charge is -2.30. The number of rotatable bonds is 3. The van der Waals surface area contributed by atoms with Gasteiger partial charge in [-0.3, -0.25) is 4.79 Å². The number of hydrogen-bond acceptors (Lipinski definition) is 5. The second-order valence-electron chi connectivity index (χ2n) is 6.24. The molecule has 0 N–H and O–H groups in total. The average molecular weight is 355 g/mol. The maximum atomic E-state index is 12.6. The maximum Gasteiger partial charge on any atom is 0.255 e. The van der Waals surface area contributed by atoms with Gasteiger partial charge < -0.3 is 14.5 Å². The fourth-order valence-corrected chi connectivity index (χ4v) is 3.74. The molecule has 0 unspecified atom stereocenters. The van der Waals surface area contributed by atoms with E-state index in [1.54, 1.807) is 18.0 Å². The van der Waals surface area contributed by atoms with E-state index in [2.05, 4.69) is 40.4 Å². The first kappa shape index (κ1) is 16.3. The standard InChI is InChI=1S/C19H21N3O2S/c1-25-16-6-4-15(5-7-16)22-10-11-24-17-12-14(13-20-18(17)22)19(23)21-8-2-3-9-21/h4-7,12-13H,2-3,8-11H2,1H3. The van der Waals surface area contributed by atoms with Gasteiger partial charge >= 0.3 is 0 Å². The molecule has 2 aromatic rings. The molecule has 1 saturated heterocycles. The molecule has 3 heterocycles. The van der Waals surface area contributed by atoms with Gasteiger partial charge in [0.05, 0.1) is 12.1 Å². The highest BCUT2D eigenvalue weighted by atomic mass is 32.2. The van der Waals surface area contributed by atoms with Gasteiger partial charge in [-0.25, -0.2) is 4.98 Å². The van der Waals surface area contributed by atoms with Crippen molar-refractivity contribution in [3.8, 4) is 5.75 Å². The van der Waals surface area contributed by atoms with E-state index in [4.69, 9.17) is 4.74 Å². The van der Waals surface area contributed by atoms with Gasteiger partial charge in [-0.05, 0) is 49.4 Å². The number of amides is 1. The average Bonchev–Trinajstić information content (AvgIpc) is 3.21. The molecule has 25 heavy (non-hydrogen) atoms. The van der Waals surface area contributed by atoms with Gasteiger partial charge in [-0.2, -0.15) is 0 Å². The lowest BCUT2D eigenvalue weighted by Crippen LogP contribution is -2.31. The van der Waals surface area contributed by atoms with E-state index in [1.807, 2.05) is 11.0 Å². The van der Waals surface area contributed by atoms with Crippen LogP contribution in [-0.2, 0) is 0 Å². The first-order valence-electron chi connectivity index (χ1n) is 8.60. The van der Waals surface area contributed by atoms with Crippen molar-refractivity contribution in [2.75, 3.05) is 37.4 Å². The Morgan fingerprint density at radius 2 is 1.92 bits per heavy atom. The number of pyridine rings is 1. The van der Waals surface area contributed by atoms with Crippen LogP contribution in [0.3, 0.4) is 0 Å². The van der Waals surface area contributed by atoms with Crippen molar-refractivity contribution in [1.29, 1.82) is 0 Å². The summed E-state index contributed by atoms with van der Waals surface area (Å²) < 4.78 is 5.79. The molecule has 6 heteroatoms. The van der Waals surface area contributed by atoms with Crippen LogP contribution in [0.15, 0.2) is 41.4 Å². The molecule has 1 aromatic carbocycles.